The van der Waals surface area contributed by atoms with Crippen molar-refractivity contribution in [3.05, 3.63) is 0 Å². The highest BCUT2D eigenvalue weighted by molar-refractivity contribution is 6.38. The lowest BCUT2D eigenvalue weighted by Gasteiger charge is -2.40. The van der Waals surface area contributed by atoms with Gasteiger partial charge in [-0.1, -0.05) is 80.1 Å². The second kappa shape index (κ2) is 15.6. The normalized spacial score (nSPS) is 30.1. The maximum atomic E-state index is 15.2. The minimum Gasteiger partial charge on any atom is -0.347 e. The van der Waals surface area contributed by atoms with Crippen LogP contribution in [-0.2, 0) is 28.8 Å². The molecule has 0 bridgehead atoms. The average molecular weight is 779 g/mol. The van der Waals surface area contributed by atoms with Crippen LogP contribution in [0.2, 0.25) is 0 Å². The molecule has 12 nitrogen and oxygen atoms in total. The molecule has 0 aromatic rings. The molecule has 2 spiro atoms. The van der Waals surface area contributed by atoms with Gasteiger partial charge in [0.15, 0.2) is 0 Å². The maximum Gasteiger partial charge on any atom is 0.289 e. The molecule has 0 unspecified atom stereocenters. The number of carbonyl (C=O) groups excluding carboxylic acids is 6. The highest BCUT2D eigenvalue weighted by Crippen LogP contribution is 2.88. The first-order valence-electron chi connectivity index (χ1n) is 22.4. The third kappa shape index (κ3) is 7.31. The lowest BCUT2D eigenvalue weighted by Crippen LogP contribution is -2.63. The summed E-state index contributed by atoms with van der Waals surface area (Å²) in [6.07, 6.45) is 16.3. The Bertz CT molecular complexity index is 1550. The Morgan fingerprint density at radius 1 is 0.750 bits per heavy atom. The van der Waals surface area contributed by atoms with Crippen molar-refractivity contribution >= 4 is 35.3 Å². The van der Waals surface area contributed by atoms with Crippen molar-refractivity contribution in [1.82, 2.24) is 31.1 Å². The highest BCUT2D eigenvalue weighted by atomic mass is 16.2. The summed E-state index contributed by atoms with van der Waals surface area (Å²) in [5, 5.41) is 12.1. The van der Waals surface area contributed by atoms with Gasteiger partial charge in [0, 0.05) is 24.0 Å². The molecule has 2 saturated heterocycles. The topological polar surface area (TPSA) is 157 Å². The molecule has 7 rings (SSSR count). The summed E-state index contributed by atoms with van der Waals surface area (Å²) in [7, 11) is 0. The molecule has 7 aliphatic rings. The van der Waals surface area contributed by atoms with Gasteiger partial charge in [-0.3, -0.25) is 33.7 Å². The van der Waals surface area contributed by atoms with E-state index in [2.05, 4.69) is 40.0 Å². The SMILES string of the molecule is CCC[C@H](NC(=O)[C@@H]1C[C@@]2(CN1C(=O)[C@@H](NC(=O)[C@@H](NC(=O)[C@H]1CCCN1C1CCC1)C1CCCCC1)C(C)(C)C)C(C)(C)C21CCC1)C(=O)C(=O)NC1CC1. The van der Waals surface area contributed by atoms with Crippen LogP contribution < -0.4 is 21.3 Å². The van der Waals surface area contributed by atoms with Crippen LogP contribution in [-0.4, -0.2) is 101 Å². The number of hydrogen-bond acceptors (Lipinski definition) is 7. The second-order valence-corrected chi connectivity index (χ2v) is 20.5. The predicted octanol–water partition coefficient (Wildman–Crippen LogP) is 4.53. The van der Waals surface area contributed by atoms with Gasteiger partial charge in [0.25, 0.3) is 5.91 Å². The molecule has 5 amide bonds. The lowest BCUT2D eigenvalue weighted by atomic mass is 9.73. The van der Waals surface area contributed by atoms with E-state index < -0.39 is 47.2 Å². The number of nitrogens with zero attached hydrogens (tertiary/aromatic N) is 2. The van der Waals surface area contributed by atoms with Crippen LogP contribution in [0, 0.1) is 27.6 Å². The minimum absolute atomic E-state index is 0.0169. The summed E-state index contributed by atoms with van der Waals surface area (Å²) in [6, 6.07) is -3.32. The molecule has 12 heteroatoms. The van der Waals surface area contributed by atoms with Crippen LogP contribution >= 0.6 is 0 Å². The number of likely N-dealkylation sites (tertiary alicyclic amines) is 2. The first-order chi connectivity index (χ1) is 26.5. The Kier molecular flexibility index (Phi) is 11.5. The van der Waals surface area contributed by atoms with E-state index in [-0.39, 0.29) is 52.0 Å². The Morgan fingerprint density at radius 3 is 1.98 bits per heavy atom. The van der Waals surface area contributed by atoms with Crippen molar-refractivity contribution < 1.29 is 28.8 Å². The lowest BCUT2D eigenvalue weighted by molar-refractivity contribution is -0.145. The fourth-order valence-corrected chi connectivity index (χ4v) is 11.9. The number of rotatable bonds is 14. The Balaban J connectivity index is 1.13. The second-order valence-electron chi connectivity index (χ2n) is 20.5. The fraction of sp³-hybridized carbons (Fsp3) is 0.864. The molecule has 2 heterocycles. The number of amides is 5. The van der Waals surface area contributed by atoms with Gasteiger partial charge in [-0.05, 0) is 106 Å². The van der Waals surface area contributed by atoms with Gasteiger partial charge in [0.1, 0.15) is 18.1 Å². The van der Waals surface area contributed by atoms with Gasteiger partial charge >= 0.3 is 0 Å². The predicted molar refractivity (Wildman–Crippen MR) is 213 cm³/mol. The van der Waals surface area contributed by atoms with E-state index in [1.165, 1.54) is 6.42 Å². The van der Waals surface area contributed by atoms with E-state index in [9.17, 15) is 24.0 Å². The number of nitrogens with one attached hydrogen (secondary N) is 4. The van der Waals surface area contributed by atoms with E-state index in [1.807, 2.05) is 27.7 Å². The number of Topliss-reactive ketones (excluding diaryl/α,β-unsaturated/α-hetero) is 1. The van der Waals surface area contributed by atoms with Crippen LogP contribution in [0.5, 0.6) is 0 Å². The van der Waals surface area contributed by atoms with Crippen LogP contribution in [0.1, 0.15) is 157 Å². The fourth-order valence-electron chi connectivity index (χ4n) is 11.9. The van der Waals surface area contributed by atoms with Crippen LogP contribution in [0.15, 0.2) is 0 Å². The zero-order chi connectivity index (χ0) is 40.2. The zero-order valence-electron chi connectivity index (χ0n) is 35.1. The quantitative estimate of drug-likeness (QED) is 0.189. The summed E-state index contributed by atoms with van der Waals surface area (Å²) in [4.78, 5) is 88.5. The van der Waals surface area contributed by atoms with Crippen molar-refractivity contribution in [3.8, 4) is 0 Å². The summed E-state index contributed by atoms with van der Waals surface area (Å²) < 4.78 is 0. The van der Waals surface area contributed by atoms with E-state index in [0.29, 0.717) is 31.8 Å². The Hall–Kier alpha value is -3.02. The molecule has 7 fully saturated rings. The molecular formula is C44H70N6O6. The van der Waals surface area contributed by atoms with E-state index in [1.54, 1.807) is 4.90 Å². The summed E-state index contributed by atoms with van der Waals surface area (Å²) in [6.45, 7) is 13.5. The van der Waals surface area contributed by atoms with Crippen LogP contribution in [0.3, 0.4) is 0 Å². The third-order valence-corrected chi connectivity index (χ3v) is 16.0. The van der Waals surface area contributed by atoms with Crippen molar-refractivity contribution in [1.29, 1.82) is 0 Å². The van der Waals surface area contributed by atoms with Gasteiger partial charge in [0.05, 0.1) is 12.1 Å². The Morgan fingerprint density at radius 2 is 1.43 bits per heavy atom. The van der Waals surface area contributed by atoms with E-state index in [4.69, 9.17) is 0 Å². The van der Waals surface area contributed by atoms with Crippen molar-refractivity contribution in [2.24, 2.45) is 27.6 Å². The molecule has 0 aromatic heterocycles. The Labute approximate surface area is 334 Å². The van der Waals surface area contributed by atoms with Crippen molar-refractivity contribution in [2.75, 3.05) is 13.1 Å². The number of hydrogen-bond donors (Lipinski definition) is 4. The first kappa shape index (κ1) is 41.2. The van der Waals surface area contributed by atoms with Gasteiger partial charge < -0.3 is 26.2 Å². The van der Waals surface area contributed by atoms with E-state index >= 15 is 4.79 Å². The average Bonchev–Trinajstić information content (AvgIpc) is 3.80. The largest absolute Gasteiger partial charge is 0.347 e. The zero-order valence-corrected chi connectivity index (χ0v) is 35.1. The minimum atomic E-state index is -0.984. The molecule has 6 atom stereocenters. The third-order valence-electron chi connectivity index (χ3n) is 16.0. The smallest absolute Gasteiger partial charge is 0.289 e. The maximum absolute atomic E-state index is 15.2. The molecule has 0 radical (unpaired) electrons. The standard InChI is InChI=1S/C44H70N6O6/c1-7-14-30(34(51)39(55)45-28-20-21-28)46-37(53)32-25-44(42(5,6)43(44)22-13-23-43)26-50(32)40(56)35(41(2,3)4)48-38(54)33(27-15-9-8-10-16-27)47-36(52)31-19-12-24-49(31)29-17-11-18-29/h27-33,35H,7-26H2,1-6H3,(H,45,55)(H,46,53)(H,47,52)(H,48,54)/t30-,31+,32-,33-,35+,44+/m0/s1. The molecule has 5 aliphatic carbocycles. The molecule has 56 heavy (non-hydrogen) atoms. The van der Waals surface area contributed by atoms with Crippen molar-refractivity contribution in [2.45, 2.75) is 199 Å². The van der Waals surface area contributed by atoms with Gasteiger partial charge in [-0.15, -0.1) is 0 Å². The first-order valence-corrected chi connectivity index (χ1v) is 22.4. The molecule has 4 N–H and O–H groups in total. The molecule has 2 aliphatic heterocycles. The number of fused-ring (bicyclic) bond motifs is 1. The highest BCUT2D eigenvalue weighted by Gasteiger charge is 2.85. The summed E-state index contributed by atoms with van der Waals surface area (Å²) in [5.74, 6) is -2.49. The number of ketones is 1. The van der Waals surface area contributed by atoms with Crippen LogP contribution in [0.4, 0.5) is 0 Å². The van der Waals surface area contributed by atoms with Gasteiger partial charge in [-0.2, -0.15) is 0 Å². The molecular weight excluding hydrogens is 709 g/mol. The van der Waals surface area contributed by atoms with Crippen molar-refractivity contribution in [3.63, 3.8) is 0 Å². The molecule has 312 valence electrons. The summed E-state index contributed by atoms with van der Waals surface area (Å²) >= 11 is 0. The van der Waals surface area contributed by atoms with Gasteiger partial charge in [0.2, 0.25) is 29.4 Å². The van der Waals surface area contributed by atoms with E-state index in [0.717, 1.165) is 96.4 Å². The number of carbonyl (C=O) groups is 6. The van der Waals surface area contributed by atoms with Gasteiger partial charge in [-0.25, -0.2) is 0 Å². The monoisotopic (exact) mass is 779 g/mol. The summed E-state index contributed by atoms with van der Waals surface area (Å²) in [5.41, 5.74) is -1.02. The molecule has 0 aromatic carbocycles. The van der Waals surface area contributed by atoms with Crippen LogP contribution in [0.25, 0.3) is 0 Å². The molecule has 5 saturated carbocycles.